The topological polar surface area (TPSA) is 119 Å². The highest BCUT2D eigenvalue weighted by Crippen LogP contribution is 2.43. The number of hydrogen-bond acceptors (Lipinski definition) is 5. The number of nitrogens with two attached hydrogens (primary N) is 1. The van der Waals surface area contributed by atoms with Crippen molar-refractivity contribution in [1.29, 1.82) is 0 Å². The first-order chi connectivity index (χ1) is 8.25. The average molecular weight is 591 g/mol. The fraction of sp³-hybridized carbons (Fsp3) is 0. The summed E-state index contributed by atoms with van der Waals surface area (Å²) >= 11 is 5.36. The maximum Gasteiger partial charge on any atom is 0.511 e. The van der Waals surface area contributed by atoms with Crippen LogP contribution < -0.4 is 15.2 Å². The maximum absolute atomic E-state index is 10.6. The Bertz CT molecular complexity index is 489. The van der Waals surface area contributed by atoms with Gasteiger partial charge in [0.15, 0.2) is 11.5 Å². The van der Waals surface area contributed by atoms with Crippen LogP contribution in [0.3, 0.4) is 0 Å². The van der Waals surface area contributed by atoms with Crippen molar-refractivity contribution in [3.63, 3.8) is 0 Å². The number of hydrogen-bond donors (Lipinski definition) is 3. The molecular weight excluding hydrogens is 587 g/mol. The smallest absolute Gasteiger partial charge is 0.449 e. The third-order valence-electron chi connectivity index (χ3n) is 1.65. The number of halogens is 3. The molecule has 1 aromatic carbocycles. The van der Waals surface area contributed by atoms with Crippen LogP contribution in [-0.4, -0.2) is 22.5 Å². The van der Waals surface area contributed by atoms with Crippen molar-refractivity contribution in [1.82, 2.24) is 0 Å². The fourth-order valence-electron chi connectivity index (χ4n) is 0.991. The zero-order valence-electron chi connectivity index (χ0n) is 8.24. The van der Waals surface area contributed by atoms with Gasteiger partial charge >= 0.3 is 12.3 Å². The second-order valence-electron chi connectivity index (χ2n) is 2.75. The molecular formula is C8H4I3NO6. The van der Waals surface area contributed by atoms with E-state index in [2.05, 4.69) is 9.47 Å². The molecule has 0 fully saturated rings. The third-order valence-corrected chi connectivity index (χ3v) is 4.77. The van der Waals surface area contributed by atoms with E-state index in [0.29, 0.717) is 7.14 Å². The highest BCUT2D eigenvalue weighted by atomic mass is 127. The molecule has 0 aliphatic rings. The normalized spacial score (nSPS) is 9.94. The van der Waals surface area contributed by atoms with Gasteiger partial charge in [0.1, 0.15) is 3.57 Å². The number of anilines is 1. The van der Waals surface area contributed by atoms with E-state index in [0.717, 1.165) is 0 Å². The van der Waals surface area contributed by atoms with Crippen molar-refractivity contribution in [2.24, 2.45) is 0 Å². The van der Waals surface area contributed by atoms with Crippen LogP contribution in [0.5, 0.6) is 11.5 Å². The lowest BCUT2D eigenvalue weighted by molar-refractivity contribution is 0.142. The van der Waals surface area contributed by atoms with Crippen LogP contribution in [0.15, 0.2) is 0 Å². The monoisotopic (exact) mass is 591 g/mol. The summed E-state index contributed by atoms with van der Waals surface area (Å²) in [6.45, 7) is 0. The van der Waals surface area contributed by atoms with Crippen LogP contribution in [0.2, 0.25) is 0 Å². The molecule has 18 heavy (non-hydrogen) atoms. The van der Waals surface area contributed by atoms with Crippen molar-refractivity contribution in [3.05, 3.63) is 10.7 Å². The minimum atomic E-state index is -1.52. The van der Waals surface area contributed by atoms with Gasteiger partial charge in [-0.3, -0.25) is 0 Å². The Morgan fingerprint density at radius 1 is 0.889 bits per heavy atom. The molecule has 0 aliphatic carbocycles. The molecule has 0 aromatic heterocycles. The number of rotatable bonds is 2. The molecule has 0 saturated heterocycles. The maximum atomic E-state index is 10.6. The summed E-state index contributed by atoms with van der Waals surface area (Å²) in [5.74, 6) is -0.0873. The molecule has 0 unspecified atom stereocenters. The predicted molar refractivity (Wildman–Crippen MR) is 86.3 cm³/mol. The van der Waals surface area contributed by atoms with E-state index in [1.54, 1.807) is 22.6 Å². The number of ether oxygens (including phenoxy) is 2. The first kappa shape index (κ1) is 15.8. The van der Waals surface area contributed by atoms with E-state index < -0.39 is 12.3 Å². The van der Waals surface area contributed by atoms with Crippen LogP contribution in [0.4, 0.5) is 15.3 Å². The summed E-state index contributed by atoms with van der Waals surface area (Å²) in [4.78, 5) is 21.1. The van der Waals surface area contributed by atoms with Crippen molar-refractivity contribution in [2.45, 2.75) is 0 Å². The number of carbonyl (C=O) groups is 2. The van der Waals surface area contributed by atoms with Gasteiger partial charge < -0.3 is 25.4 Å². The molecule has 4 N–H and O–H groups in total. The Balaban J connectivity index is 3.48. The zero-order valence-corrected chi connectivity index (χ0v) is 14.7. The number of nitrogen functional groups attached to an aromatic ring is 1. The molecule has 10 heteroatoms. The largest absolute Gasteiger partial charge is 0.511 e. The molecule has 0 heterocycles. The third kappa shape index (κ3) is 3.40. The fourth-order valence-corrected chi connectivity index (χ4v) is 4.60. The number of carboxylic acid groups (broad SMARTS) is 2. The van der Waals surface area contributed by atoms with Crippen LogP contribution >= 0.6 is 67.8 Å². The second kappa shape index (κ2) is 6.27. The molecule has 0 spiro atoms. The van der Waals surface area contributed by atoms with E-state index in [-0.39, 0.29) is 20.8 Å². The van der Waals surface area contributed by atoms with Crippen molar-refractivity contribution in [3.8, 4) is 11.5 Å². The van der Waals surface area contributed by atoms with Gasteiger partial charge in [0.2, 0.25) is 0 Å². The lowest BCUT2D eigenvalue weighted by Crippen LogP contribution is -2.12. The van der Waals surface area contributed by atoms with E-state index in [1.165, 1.54) is 0 Å². The van der Waals surface area contributed by atoms with Gasteiger partial charge in [0.25, 0.3) is 0 Å². The summed E-state index contributed by atoms with van der Waals surface area (Å²) < 4.78 is 10.1. The van der Waals surface area contributed by atoms with Crippen molar-refractivity contribution >= 4 is 85.8 Å². The molecule has 1 rings (SSSR count). The standard InChI is InChI=1S/C8H4I3NO6/c9-1-4(12)2(10)6(18-8(15)16)3(11)5(1)17-7(13)14/h12H2,(H,13,14)(H,15,16). The van der Waals surface area contributed by atoms with Gasteiger partial charge in [-0.15, -0.1) is 0 Å². The second-order valence-corrected chi connectivity index (χ2v) is 5.99. The van der Waals surface area contributed by atoms with Crippen LogP contribution in [-0.2, 0) is 0 Å². The van der Waals surface area contributed by atoms with Crippen molar-refractivity contribution in [2.75, 3.05) is 5.73 Å². The van der Waals surface area contributed by atoms with E-state index >= 15 is 0 Å². The molecule has 0 saturated carbocycles. The molecule has 1 aromatic rings. The summed E-state index contributed by atoms with van der Waals surface area (Å²) in [7, 11) is 0. The van der Waals surface area contributed by atoms with E-state index in [9.17, 15) is 9.59 Å². The Morgan fingerprint density at radius 3 is 1.50 bits per heavy atom. The molecule has 0 radical (unpaired) electrons. The summed E-state index contributed by atoms with van der Waals surface area (Å²) in [5, 5.41) is 17.2. The van der Waals surface area contributed by atoms with Gasteiger partial charge in [-0.05, 0) is 67.8 Å². The lowest BCUT2D eigenvalue weighted by atomic mass is 10.3. The highest BCUT2D eigenvalue weighted by Gasteiger charge is 2.24. The highest BCUT2D eigenvalue weighted by molar-refractivity contribution is 14.1. The van der Waals surface area contributed by atoms with Gasteiger partial charge in [-0.2, -0.15) is 0 Å². The first-order valence-corrected chi connectivity index (χ1v) is 7.26. The van der Waals surface area contributed by atoms with Gasteiger partial charge in [-0.25, -0.2) is 9.59 Å². The zero-order chi connectivity index (χ0) is 14.0. The summed E-state index contributed by atoms with van der Waals surface area (Å²) in [5.41, 5.74) is 5.94. The molecule has 0 aliphatic heterocycles. The lowest BCUT2D eigenvalue weighted by Gasteiger charge is -2.14. The van der Waals surface area contributed by atoms with Gasteiger partial charge in [0.05, 0.1) is 12.8 Å². The minimum absolute atomic E-state index is 0.0436. The molecule has 0 bridgehead atoms. The van der Waals surface area contributed by atoms with Crippen LogP contribution in [0.1, 0.15) is 0 Å². The van der Waals surface area contributed by atoms with Gasteiger partial charge in [0, 0.05) is 0 Å². The molecule has 98 valence electrons. The van der Waals surface area contributed by atoms with E-state index in [4.69, 9.17) is 15.9 Å². The Hall–Kier alpha value is -0.250. The Morgan fingerprint density at radius 2 is 1.22 bits per heavy atom. The first-order valence-electron chi connectivity index (χ1n) is 4.03. The summed E-state index contributed by atoms with van der Waals surface area (Å²) in [6, 6.07) is 0. The minimum Gasteiger partial charge on any atom is -0.449 e. The van der Waals surface area contributed by atoms with Crippen LogP contribution in [0.25, 0.3) is 0 Å². The SMILES string of the molecule is Nc1c(I)c(OC(=O)O)c(I)c(OC(=O)O)c1I. The predicted octanol–water partition coefficient (Wildman–Crippen LogP) is 3.20. The molecule has 7 nitrogen and oxygen atoms in total. The van der Waals surface area contributed by atoms with Crippen LogP contribution in [0, 0.1) is 10.7 Å². The molecule has 0 amide bonds. The Kier molecular flexibility index (Phi) is 5.50. The van der Waals surface area contributed by atoms with Crippen molar-refractivity contribution < 1.29 is 29.3 Å². The average Bonchev–Trinajstić information content (AvgIpc) is 2.27. The van der Waals surface area contributed by atoms with E-state index in [1.807, 2.05) is 45.2 Å². The summed E-state index contributed by atoms with van der Waals surface area (Å²) in [6.07, 6.45) is -3.04. The number of benzene rings is 1. The quantitative estimate of drug-likeness (QED) is 0.210. The molecule has 0 atom stereocenters. The Labute approximate surface area is 141 Å². The van der Waals surface area contributed by atoms with Gasteiger partial charge in [-0.1, -0.05) is 0 Å².